The number of aliphatic carboxylic acids is 1. The lowest BCUT2D eigenvalue weighted by atomic mass is 10.0. The van der Waals surface area contributed by atoms with Crippen LogP contribution in [0, 0.1) is 20.2 Å². The van der Waals surface area contributed by atoms with Crippen LogP contribution >= 0.6 is 0 Å². The molecule has 0 fully saturated rings. The molecule has 25 heavy (non-hydrogen) atoms. The number of benzene rings is 2. The van der Waals surface area contributed by atoms with Gasteiger partial charge >= 0.3 is 5.97 Å². The third kappa shape index (κ3) is 3.93. The zero-order valence-electron chi connectivity index (χ0n) is 12.5. The highest BCUT2D eigenvalue weighted by molar-refractivity contribution is 6.15. The summed E-state index contributed by atoms with van der Waals surface area (Å²) in [6, 6.07) is 8.56. The summed E-state index contributed by atoms with van der Waals surface area (Å²) in [7, 11) is 0. The second kappa shape index (κ2) is 7.17. The predicted octanol–water partition coefficient (Wildman–Crippen LogP) is 2.25. The Balaban J connectivity index is 2.44. The molecule has 0 saturated heterocycles. The van der Waals surface area contributed by atoms with Crippen molar-refractivity contribution in [3.8, 4) is 0 Å². The molecule has 0 aromatic heterocycles. The summed E-state index contributed by atoms with van der Waals surface area (Å²) in [5.41, 5.74) is -1.62. The van der Waals surface area contributed by atoms with Gasteiger partial charge in [-0.2, -0.15) is 0 Å². The quantitative estimate of drug-likeness (QED) is 0.335. The van der Waals surface area contributed by atoms with Gasteiger partial charge < -0.3 is 10.4 Å². The summed E-state index contributed by atoms with van der Waals surface area (Å²) in [4.78, 5) is 43.9. The first-order chi connectivity index (χ1) is 11.8. The zero-order chi connectivity index (χ0) is 18.6. The first kappa shape index (κ1) is 17.5. The summed E-state index contributed by atoms with van der Waals surface area (Å²) in [6.45, 7) is 0. The number of nitrogens with zero attached hydrogens (tertiary/aromatic N) is 2. The van der Waals surface area contributed by atoms with Crippen molar-refractivity contribution < 1.29 is 24.5 Å². The van der Waals surface area contributed by atoms with Crippen LogP contribution in [0.1, 0.15) is 10.4 Å². The van der Waals surface area contributed by atoms with E-state index in [1.54, 1.807) is 18.2 Å². The average Bonchev–Trinajstić information content (AvgIpc) is 2.59. The van der Waals surface area contributed by atoms with Gasteiger partial charge in [-0.15, -0.1) is 0 Å². The first-order valence-corrected chi connectivity index (χ1v) is 6.82. The van der Waals surface area contributed by atoms with Crippen molar-refractivity contribution in [2.75, 3.05) is 5.32 Å². The van der Waals surface area contributed by atoms with Crippen LogP contribution in [0.15, 0.2) is 48.5 Å². The van der Waals surface area contributed by atoms with Crippen LogP contribution in [0.2, 0.25) is 0 Å². The summed E-state index contributed by atoms with van der Waals surface area (Å²) in [6.07, 6.45) is 0. The Bertz CT molecular complexity index is 851. The standard InChI is InChI=1S/C15H11N3O7/c19-14(13(15(20)21)16-9-4-2-1-3-5-9)11-7-6-10(17(22)23)8-12(11)18(24)25/h1-8,13,16H,(H,20,21)/t13-/m1/s1. The fourth-order valence-corrected chi connectivity index (χ4v) is 2.09. The van der Waals surface area contributed by atoms with Crippen LogP contribution < -0.4 is 5.32 Å². The summed E-state index contributed by atoms with van der Waals surface area (Å²) >= 11 is 0. The lowest BCUT2D eigenvalue weighted by molar-refractivity contribution is -0.394. The number of Topliss-reactive ketones (excluding diaryl/α,β-unsaturated/α-hetero) is 1. The lowest BCUT2D eigenvalue weighted by Gasteiger charge is -2.14. The Kier molecular flexibility index (Phi) is 5.03. The molecule has 10 heteroatoms. The number of hydrogen-bond donors (Lipinski definition) is 2. The van der Waals surface area contributed by atoms with E-state index in [2.05, 4.69) is 5.32 Å². The van der Waals surface area contributed by atoms with Gasteiger partial charge in [0.15, 0.2) is 6.04 Å². The molecule has 0 heterocycles. The van der Waals surface area contributed by atoms with E-state index in [0.717, 1.165) is 12.1 Å². The SMILES string of the molecule is O=C(O)[C@H](Nc1ccccc1)C(=O)c1ccc([N+](=O)[O-])cc1[N+](=O)[O-]. The van der Waals surface area contributed by atoms with Gasteiger partial charge in [-0.3, -0.25) is 25.0 Å². The topological polar surface area (TPSA) is 153 Å². The maximum Gasteiger partial charge on any atom is 0.334 e. The van der Waals surface area contributed by atoms with E-state index < -0.39 is 44.6 Å². The van der Waals surface area contributed by atoms with Crippen molar-refractivity contribution in [2.45, 2.75) is 6.04 Å². The molecule has 0 saturated carbocycles. The first-order valence-electron chi connectivity index (χ1n) is 6.82. The number of hydrogen-bond acceptors (Lipinski definition) is 7. The number of nitro groups is 2. The van der Waals surface area contributed by atoms with Gasteiger partial charge in [0.25, 0.3) is 11.4 Å². The van der Waals surface area contributed by atoms with E-state index >= 15 is 0 Å². The molecule has 2 rings (SSSR count). The third-order valence-electron chi connectivity index (χ3n) is 3.25. The zero-order valence-corrected chi connectivity index (χ0v) is 12.5. The number of anilines is 1. The molecular weight excluding hydrogens is 334 g/mol. The molecule has 0 aliphatic heterocycles. The van der Waals surface area contributed by atoms with E-state index in [9.17, 15) is 34.9 Å². The van der Waals surface area contributed by atoms with Crippen molar-refractivity contribution in [2.24, 2.45) is 0 Å². The number of carboxylic acids is 1. The van der Waals surface area contributed by atoms with Gasteiger partial charge in [0.2, 0.25) is 5.78 Å². The molecular formula is C15H11N3O7. The molecule has 0 aliphatic rings. The van der Waals surface area contributed by atoms with Gasteiger partial charge in [-0.1, -0.05) is 18.2 Å². The molecule has 0 unspecified atom stereocenters. The van der Waals surface area contributed by atoms with Crippen molar-refractivity contribution >= 4 is 28.8 Å². The fourth-order valence-electron chi connectivity index (χ4n) is 2.09. The Morgan fingerprint density at radius 1 is 1.00 bits per heavy atom. The number of rotatable bonds is 7. The molecule has 2 N–H and O–H groups in total. The Hall–Kier alpha value is -3.82. The van der Waals surface area contributed by atoms with Gasteiger partial charge in [-0.05, 0) is 18.2 Å². The number of carbonyl (C=O) groups is 2. The molecule has 0 aliphatic carbocycles. The minimum atomic E-state index is -1.79. The molecule has 2 aromatic carbocycles. The van der Waals surface area contributed by atoms with Gasteiger partial charge in [-0.25, -0.2) is 4.79 Å². The molecule has 0 amide bonds. The van der Waals surface area contributed by atoms with Crippen LogP contribution in [-0.2, 0) is 4.79 Å². The van der Waals surface area contributed by atoms with Crippen molar-refractivity contribution in [1.29, 1.82) is 0 Å². The second-order valence-electron chi connectivity index (χ2n) is 4.86. The summed E-state index contributed by atoms with van der Waals surface area (Å²) < 4.78 is 0. The smallest absolute Gasteiger partial charge is 0.334 e. The number of nitrogens with one attached hydrogen (secondary N) is 1. The molecule has 0 spiro atoms. The number of carbonyl (C=O) groups excluding carboxylic acids is 1. The Labute approximate surface area is 140 Å². The minimum Gasteiger partial charge on any atom is -0.479 e. The van der Waals surface area contributed by atoms with Gasteiger partial charge in [0.05, 0.1) is 21.5 Å². The van der Waals surface area contributed by atoms with E-state index in [4.69, 9.17) is 0 Å². The van der Waals surface area contributed by atoms with Crippen molar-refractivity contribution in [3.05, 3.63) is 74.3 Å². The maximum atomic E-state index is 12.5. The molecule has 2 aromatic rings. The lowest BCUT2D eigenvalue weighted by Crippen LogP contribution is -2.37. The van der Waals surface area contributed by atoms with Gasteiger partial charge in [0, 0.05) is 11.8 Å². The van der Waals surface area contributed by atoms with Crippen LogP contribution in [0.4, 0.5) is 17.1 Å². The predicted molar refractivity (Wildman–Crippen MR) is 85.6 cm³/mol. The number of carboxylic acid groups (broad SMARTS) is 1. The van der Waals surface area contributed by atoms with E-state index in [-0.39, 0.29) is 0 Å². The monoisotopic (exact) mass is 345 g/mol. The van der Waals surface area contributed by atoms with E-state index in [1.165, 1.54) is 12.1 Å². The van der Waals surface area contributed by atoms with Crippen LogP contribution in [0.3, 0.4) is 0 Å². The summed E-state index contributed by atoms with van der Waals surface area (Å²) in [5, 5.41) is 33.6. The van der Waals surface area contributed by atoms with Gasteiger partial charge in [0.1, 0.15) is 0 Å². The highest BCUT2D eigenvalue weighted by Gasteiger charge is 2.33. The Morgan fingerprint density at radius 2 is 1.64 bits per heavy atom. The highest BCUT2D eigenvalue weighted by atomic mass is 16.6. The molecule has 0 bridgehead atoms. The Morgan fingerprint density at radius 3 is 2.16 bits per heavy atom. The minimum absolute atomic E-state index is 0.327. The molecule has 10 nitrogen and oxygen atoms in total. The highest BCUT2D eigenvalue weighted by Crippen LogP contribution is 2.26. The number of para-hydroxylation sites is 1. The number of ketones is 1. The number of non-ortho nitro benzene ring substituents is 1. The van der Waals surface area contributed by atoms with Crippen molar-refractivity contribution in [1.82, 2.24) is 0 Å². The average molecular weight is 345 g/mol. The van der Waals surface area contributed by atoms with Crippen LogP contribution in [0.5, 0.6) is 0 Å². The third-order valence-corrected chi connectivity index (χ3v) is 3.25. The molecule has 1 atom stereocenters. The fraction of sp³-hybridized carbons (Fsp3) is 0.0667. The molecule has 128 valence electrons. The summed E-state index contributed by atoms with van der Waals surface area (Å²) in [5.74, 6) is -2.63. The normalized spacial score (nSPS) is 11.4. The molecule has 0 radical (unpaired) electrons. The number of nitro benzene ring substituents is 2. The van der Waals surface area contributed by atoms with Crippen LogP contribution in [-0.4, -0.2) is 32.7 Å². The van der Waals surface area contributed by atoms with Crippen molar-refractivity contribution in [3.63, 3.8) is 0 Å². The van der Waals surface area contributed by atoms with E-state index in [0.29, 0.717) is 11.8 Å². The second-order valence-corrected chi connectivity index (χ2v) is 4.86. The maximum absolute atomic E-state index is 12.5. The van der Waals surface area contributed by atoms with Crippen LogP contribution in [0.25, 0.3) is 0 Å². The van der Waals surface area contributed by atoms with E-state index in [1.807, 2.05) is 0 Å². The largest absolute Gasteiger partial charge is 0.479 e.